The van der Waals surface area contributed by atoms with Crippen molar-refractivity contribution in [2.75, 3.05) is 11.5 Å². The minimum Gasteiger partial charge on any atom is -0.394 e. The zero-order chi connectivity index (χ0) is 28.2. The molecular formula is C33H35FN2O4. The zero-order valence-electron chi connectivity index (χ0n) is 23.1. The van der Waals surface area contributed by atoms with Gasteiger partial charge in [0.1, 0.15) is 5.67 Å². The highest BCUT2D eigenvalue weighted by Crippen LogP contribution is 2.59. The Labute approximate surface area is 234 Å². The van der Waals surface area contributed by atoms with Gasteiger partial charge in [0.2, 0.25) is 5.91 Å². The smallest absolute Gasteiger partial charge is 0.268 e. The molecule has 5 atom stereocenters. The lowest BCUT2D eigenvalue weighted by molar-refractivity contribution is -0.151. The number of benzene rings is 3. The van der Waals surface area contributed by atoms with Crippen molar-refractivity contribution in [3.8, 4) is 0 Å². The van der Waals surface area contributed by atoms with Crippen LogP contribution in [-0.2, 0) is 32.9 Å². The number of alkyl halides is 1. The molecule has 0 radical (unpaired) electrons. The number of fused-ring (bicyclic) bond motifs is 3. The quantitative estimate of drug-likeness (QED) is 0.475. The number of aliphatic hydroxyl groups excluding tert-OH is 1. The summed E-state index contributed by atoms with van der Waals surface area (Å²) in [5.74, 6) is -1.73. The largest absolute Gasteiger partial charge is 0.394 e. The molecule has 3 aliphatic rings. The number of ether oxygens (including phenoxy) is 1. The van der Waals surface area contributed by atoms with Crippen LogP contribution in [0.2, 0.25) is 0 Å². The van der Waals surface area contributed by atoms with Crippen LogP contribution in [-0.4, -0.2) is 46.2 Å². The molecule has 6 rings (SSSR count). The number of carbonyl (C=O) groups excluding carboxylic acids is 2. The number of nitrogens with zero attached hydrogens (tertiary/aromatic N) is 2. The summed E-state index contributed by atoms with van der Waals surface area (Å²) in [5.41, 5.74) is 1.14. The minimum absolute atomic E-state index is 0.0798. The maximum atomic E-state index is 16.0. The van der Waals surface area contributed by atoms with E-state index < -0.39 is 29.2 Å². The number of aliphatic hydroxyl groups is 1. The second-order valence-electron chi connectivity index (χ2n) is 11.8. The Balaban J connectivity index is 1.37. The fourth-order valence-electron chi connectivity index (χ4n) is 7.29. The van der Waals surface area contributed by atoms with Crippen LogP contribution in [0.4, 0.5) is 15.8 Å². The number of rotatable bonds is 5. The predicted octanol–water partition coefficient (Wildman–Crippen LogP) is 5.30. The van der Waals surface area contributed by atoms with Gasteiger partial charge in [-0.25, -0.2) is 4.39 Å². The number of hydrogen-bond acceptors (Lipinski definition) is 4. The standard InChI is InChI=1S/C33H35FN2O4/c1-21-30(32(2,3)34)28(18-29(38)35-19-23-12-8-7-11-22(23)17-25(35)20-37)40-33(21)26-15-9-10-16-27(26)36(31(33)39)24-13-5-4-6-14-24/h4-16,21,25,28,30,37H,17-20H2,1-3H3/t21-,25+,28+,30-,33+/m1/s1. The molecule has 0 aliphatic carbocycles. The predicted molar refractivity (Wildman–Crippen MR) is 151 cm³/mol. The molecule has 3 heterocycles. The van der Waals surface area contributed by atoms with E-state index in [0.29, 0.717) is 29.9 Å². The second kappa shape index (κ2) is 9.82. The van der Waals surface area contributed by atoms with E-state index in [0.717, 1.165) is 11.1 Å². The zero-order valence-corrected chi connectivity index (χ0v) is 23.1. The van der Waals surface area contributed by atoms with Crippen molar-refractivity contribution in [3.05, 3.63) is 95.6 Å². The number of carbonyl (C=O) groups is 2. The van der Waals surface area contributed by atoms with Crippen LogP contribution in [0.1, 0.15) is 43.9 Å². The van der Waals surface area contributed by atoms with E-state index in [9.17, 15) is 14.7 Å². The van der Waals surface area contributed by atoms with Crippen molar-refractivity contribution in [1.82, 2.24) is 4.90 Å². The molecule has 7 heteroatoms. The Hall–Kier alpha value is -3.55. The normalized spacial score (nSPS) is 27.7. The van der Waals surface area contributed by atoms with Crippen molar-refractivity contribution >= 4 is 23.2 Å². The van der Waals surface area contributed by atoms with Gasteiger partial charge in [-0.2, -0.15) is 0 Å². The highest BCUT2D eigenvalue weighted by atomic mass is 19.1. The van der Waals surface area contributed by atoms with Crippen LogP contribution in [0, 0.1) is 11.8 Å². The monoisotopic (exact) mass is 542 g/mol. The molecule has 1 N–H and O–H groups in total. The summed E-state index contributed by atoms with van der Waals surface area (Å²) in [7, 11) is 0. The van der Waals surface area contributed by atoms with Gasteiger partial charge < -0.3 is 14.7 Å². The third-order valence-electron chi connectivity index (χ3n) is 9.05. The molecule has 1 spiro atoms. The third-order valence-corrected chi connectivity index (χ3v) is 9.05. The van der Waals surface area contributed by atoms with Crippen molar-refractivity contribution in [2.24, 2.45) is 11.8 Å². The molecular weight excluding hydrogens is 507 g/mol. The molecule has 0 aromatic heterocycles. The van der Waals surface area contributed by atoms with Gasteiger partial charge >= 0.3 is 0 Å². The first-order valence-electron chi connectivity index (χ1n) is 14.0. The third kappa shape index (κ3) is 4.06. The molecule has 2 amide bonds. The van der Waals surface area contributed by atoms with Gasteiger partial charge in [-0.3, -0.25) is 14.5 Å². The maximum absolute atomic E-state index is 16.0. The van der Waals surface area contributed by atoms with Crippen molar-refractivity contribution in [2.45, 2.75) is 63.6 Å². The lowest BCUT2D eigenvalue weighted by atomic mass is 9.71. The SMILES string of the molecule is C[C@@H]1[C@@H](C(C)(C)F)[C@H](CC(=O)N2Cc3ccccc3C[C@H]2CO)O[C@@]12C(=O)N(c1ccccc1)c1ccccc12. The number of amides is 2. The fraction of sp³-hybridized carbons (Fsp3) is 0.394. The summed E-state index contributed by atoms with van der Waals surface area (Å²) in [6.45, 7) is 5.08. The van der Waals surface area contributed by atoms with Gasteiger partial charge in [-0.05, 0) is 49.6 Å². The molecule has 208 valence electrons. The minimum atomic E-state index is -1.71. The van der Waals surface area contributed by atoms with Crippen LogP contribution in [0.3, 0.4) is 0 Å². The van der Waals surface area contributed by atoms with Gasteiger partial charge in [0, 0.05) is 29.6 Å². The number of para-hydroxylation sites is 2. The Bertz CT molecular complexity index is 1440. The van der Waals surface area contributed by atoms with Crippen LogP contribution in [0.15, 0.2) is 78.9 Å². The summed E-state index contributed by atoms with van der Waals surface area (Å²) in [4.78, 5) is 31.6. The van der Waals surface area contributed by atoms with Crippen molar-refractivity contribution in [3.63, 3.8) is 0 Å². The van der Waals surface area contributed by atoms with Crippen LogP contribution < -0.4 is 4.90 Å². The summed E-state index contributed by atoms with van der Waals surface area (Å²) in [6.07, 6.45) is -0.351. The molecule has 0 unspecified atom stereocenters. The molecule has 3 aromatic rings. The van der Waals surface area contributed by atoms with Gasteiger partial charge in [0.25, 0.3) is 5.91 Å². The second-order valence-corrected chi connectivity index (χ2v) is 11.8. The highest BCUT2D eigenvalue weighted by Gasteiger charge is 2.66. The molecule has 1 saturated heterocycles. The van der Waals surface area contributed by atoms with Crippen molar-refractivity contribution < 1.29 is 23.8 Å². The van der Waals surface area contributed by atoms with E-state index in [1.165, 1.54) is 13.8 Å². The number of halogens is 1. The summed E-state index contributed by atoms with van der Waals surface area (Å²) < 4.78 is 22.7. The summed E-state index contributed by atoms with van der Waals surface area (Å²) >= 11 is 0. The van der Waals surface area contributed by atoms with Crippen LogP contribution in [0.5, 0.6) is 0 Å². The summed E-state index contributed by atoms with van der Waals surface area (Å²) in [6, 6.07) is 24.4. The van der Waals surface area contributed by atoms with Gasteiger partial charge in [0.05, 0.1) is 30.9 Å². The molecule has 3 aromatic carbocycles. The van der Waals surface area contributed by atoms with Gasteiger partial charge in [-0.15, -0.1) is 0 Å². The Morgan fingerprint density at radius 2 is 1.68 bits per heavy atom. The fourth-order valence-corrected chi connectivity index (χ4v) is 7.29. The molecule has 40 heavy (non-hydrogen) atoms. The van der Waals surface area contributed by atoms with Gasteiger partial charge in [0.15, 0.2) is 5.60 Å². The maximum Gasteiger partial charge on any atom is 0.268 e. The lowest BCUT2D eigenvalue weighted by Gasteiger charge is -2.37. The molecule has 3 aliphatic heterocycles. The highest BCUT2D eigenvalue weighted by molar-refractivity contribution is 6.12. The molecule has 1 fully saturated rings. The van der Waals surface area contributed by atoms with E-state index in [-0.39, 0.29) is 30.9 Å². The van der Waals surface area contributed by atoms with Crippen LogP contribution in [0.25, 0.3) is 0 Å². The Kier molecular flexibility index (Phi) is 6.55. The van der Waals surface area contributed by atoms with Crippen molar-refractivity contribution in [1.29, 1.82) is 0 Å². The Morgan fingerprint density at radius 3 is 2.38 bits per heavy atom. The van der Waals surface area contributed by atoms with E-state index in [1.54, 1.807) is 9.80 Å². The van der Waals surface area contributed by atoms with Gasteiger partial charge in [-0.1, -0.05) is 67.6 Å². The topological polar surface area (TPSA) is 70.1 Å². The first kappa shape index (κ1) is 26.7. The average Bonchev–Trinajstić information content (AvgIpc) is 3.38. The average molecular weight is 543 g/mol. The Morgan fingerprint density at radius 1 is 1.02 bits per heavy atom. The molecule has 0 saturated carbocycles. The molecule has 6 nitrogen and oxygen atoms in total. The van der Waals surface area contributed by atoms with E-state index in [2.05, 4.69) is 0 Å². The first-order chi connectivity index (χ1) is 19.2. The van der Waals surface area contributed by atoms with Crippen LogP contribution >= 0.6 is 0 Å². The number of hydrogen-bond donors (Lipinski definition) is 1. The summed E-state index contributed by atoms with van der Waals surface area (Å²) in [5, 5.41) is 10.1. The molecule has 0 bridgehead atoms. The number of anilines is 2. The van der Waals surface area contributed by atoms with E-state index >= 15 is 4.39 Å². The lowest BCUT2D eigenvalue weighted by Crippen LogP contribution is -2.48. The van der Waals surface area contributed by atoms with E-state index in [4.69, 9.17) is 4.74 Å². The van der Waals surface area contributed by atoms with E-state index in [1.807, 2.05) is 85.8 Å². The first-order valence-corrected chi connectivity index (χ1v) is 14.0.